The summed E-state index contributed by atoms with van der Waals surface area (Å²) < 4.78 is 16.1. The van der Waals surface area contributed by atoms with E-state index < -0.39 is 0 Å². The molecule has 0 unspecified atom stereocenters. The third kappa shape index (κ3) is 3.82. The number of hydrogen-bond donors (Lipinski definition) is 1. The van der Waals surface area contributed by atoms with Crippen LogP contribution in [0.1, 0.15) is 6.42 Å². The Morgan fingerprint density at radius 1 is 1.05 bits per heavy atom. The monoisotopic (exact) mass is 276 g/mol. The maximum atomic E-state index is 5.92. The van der Waals surface area contributed by atoms with Crippen LogP contribution in [0.2, 0.25) is 0 Å². The summed E-state index contributed by atoms with van der Waals surface area (Å²) in [6, 6.07) is 5.65. The first-order chi connectivity index (χ1) is 9.83. The molecule has 108 valence electrons. The Labute approximate surface area is 118 Å². The lowest BCUT2D eigenvalue weighted by atomic mass is 10.1. The van der Waals surface area contributed by atoms with Crippen LogP contribution in [0.25, 0.3) is 10.8 Å². The predicted octanol–water partition coefficient (Wildman–Crippen LogP) is 2.25. The van der Waals surface area contributed by atoms with Crippen molar-refractivity contribution in [1.29, 1.82) is 0 Å². The fourth-order valence-corrected chi connectivity index (χ4v) is 1.90. The first kappa shape index (κ1) is 14.6. The zero-order chi connectivity index (χ0) is 14.2. The highest BCUT2D eigenvalue weighted by atomic mass is 16.5. The average Bonchev–Trinajstić information content (AvgIpc) is 2.49. The molecule has 0 bridgehead atoms. The number of nitrogens with zero attached hydrogens (tertiary/aromatic N) is 1. The molecule has 0 aliphatic carbocycles. The van der Waals surface area contributed by atoms with Crippen molar-refractivity contribution in [3.63, 3.8) is 0 Å². The number of pyridine rings is 1. The molecule has 5 heteroatoms. The Balaban J connectivity index is 1.86. The molecule has 1 aromatic heterocycles. The quantitative estimate of drug-likeness (QED) is 0.591. The Bertz CT molecular complexity index is 546. The van der Waals surface area contributed by atoms with Crippen molar-refractivity contribution in [3.05, 3.63) is 30.6 Å². The largest absolute Gasteiger partial charge is 0.493 e. The highest BCUT2D eigenvalue weighted by Crippen LogP contribution is 2.29. The second-order valence-corrected chi connectivity index (χ2v) is 4.38. The van der Waals surface area contributed by atoms with Gasteiger partial charge in [0.1, 0.15) is 5.75 Å². The number of benzene rings is 1. The summed E-state index contributed by atoms with van der Waals surface area (Å²) in [6.07, 6.45) is 4.33. The number of hydrogen-bond acceptors (Lipinski definition) is 5. The summed E-state index contributed by atoms with van der Waals surface area (Å²) in [5.41, 5.74) is 6.63. The molecule has 0 atom stereocenters. The molecule has 1 aromatic carbocycles. The molecule has 0 radical (unpaired) electrons. The van der Waals surface area contributed by atoms with Crippen molar-refractivity contribution < 1.29 is 14.2 Å². The van der Waals surface area contributed by atoms with Crippen molar-refractivity contribution >= 4 is 16.5 Å². The van der Waals surface area contributed by atoms with Crippen LogP contribution >= 0.6 is 0 Å². The summed E-state index contributed by atoms with van der Waals surface area (Å²) in [5, 5.41) is 1.90. The van der Waals surface area contributed by atoms with Crippen molar-refractivity contribution in [2.24, 2.45) is 0 Å². The number of nitrogens with two attached hydrogens (primary N) is 1. The molecule has 0 saturated heterocycles. The Hall–Kier alpha value is -1.85. The highest BCUT2D eigenvalue weighted by molar-refractivity contribution is 5.96. The van der Waals surface area contributed by atoms with Crippen molar-refractivity contribution in [1.82, 2.24) is 4.98 Å². The molecule has 2 aromatic rings. The lowest BCUT2D eigenvalue weighted by Crippen LogP contribution is -2.07. The van der Waals surface area contributed by atoms with E-state index >= 15 is 0 Å². The van der Waals surface area contributed by atoms with Gasteiger partial charge in [-0.1, -0.05) is 0 Å². The second-order valence-electron chi connectivity index (χ2n) is 4.38. The second kappa shape index (κ2) is 7.67. The zero-order valence-corrected chi connectivity index (χ0v) is 11.7. The van der Waals surface area contributed by atoms with Crippen LogP contribution in [0, 0.1) is 0 Å². The smallest absolute Gasteiger partial charge is 0.127 e. The van der Waals surface area contributed by atoms with E-state index in [2.05, 4.69) is 4.98 Å². The minimum absolute atomic E-state index is 0.605. The number of anilines is 1. The molecule has 0 saturated carbocycles. The van der Waals surface area contributed by atoms with Crippen LogP contribution in [0.3, 0.4) is 0 Å². The molecule has 1 heterocycles. The lowest BCUT2D eigenvalue weighted by Gasteiger charge is -2.10. The van der Waals surface area contributed by atoms with Crippen molar-refractivity contribution in [3.8, 4) is 5.75 Å². The maximum absolute atomic E-state index is 5.92. The fourth-order valence-electron chi connectivity index (χ4n) is 1.90. The van der Waals surface area contributed by atoms with E-state index in [1.807, 2.05) is 18.2 Å². The molecule has 0 spiro atoms. The van der Waals surface area contributed by atoms with Gasteiger partial charge in [-0.05, 0) is 18.2 Å². The minimum atomic E-state index is 0.605. The van der Waals surface area contributed by atoms with E-state index in [0.29, 0.717) is 32.1 Å². The van der Waals surface area contributed by atoms with E-state index in [9.17, 15) is 0 Å². The molecule has 20 heavy (non-hydrogen) atoms. The number of nitrogen functional groups attached to an aromatic ring is 1. The van der Waals surface area contributed by atoms with Crippen molar-refractivity contribution in [2.45, 2.75) is 6.42 Å². The van der Waals surface area contributed by atoms with Crippen LogP contribution in [0.5, 0.6) is 5.75 Å². The van der Waals surface area contributed by atoms with Gasteiger partial charge in [-0.3, -0.25) is 4.98 Å². The Morgan fingerprint density at radius 2 is 1.95 bits per heavy atom. The summed E-state index contributed by atoms with van der Waals surface area (Å²) in [5.74, 6) is 0.827. The van der Waals surface area contributed by atoms with E-state index in [4.69, 9.17) is 19.9 Å². The number of aromatic nitrogens is 1. The van der Waals surface area contributed by atoms with E-state index in [1.165, 1.54) is 0 Å². The summed E-state index contributed by atoms with van der Waals surface area (Å²) in [4.78, 5) is 4.09. The summed E-state index contributed by atoms with van der Waals surface area (Å²) in [7, 11) is 1.66. The van der Waals surface area contributed by atoms with Gasteiger partial charge in [-0.25, -0.2) is 0 Å². The molecule has 2 N–H and O–H groups in total. The van der Waals surface area contributed by atoms with Crippen LogP contribution in [-0.4, -0.2) is 38.5 Å². The lowest BCUT2D eigenvalue weighted by molar-refractivity contribution is 0.0645. The van der Waals surface area contributed by atoms with Gasteiger partial charge in [-0.15, -0.1) is 0 Å². The molecular formula is C15H20N2O3. The third-order valence-electron chi connectivity index (χ3n) is 2.93. The van der Waals surface area contributed by atoms with E-state index in [0.717, 1.165) is 22.9 Å². The summed E-state index contributed by atoms with van der Waals surface area (Å²) in [6.45, 7) is 2.51. The molecule has 5 nitrogen and oxygen atoms in total. The summed E-state index contributed by atoms with van der Waals surface area (Å²) >= 11 is 0. The standard InChI is InChI=1S/C15H20N2O3/c1-18-9-10-19-7-2-8-20-15-4-3-14(16)13-11-17-6-5-12(13)15/h3-6,11H,2,7-10,16H2,1H3. The maximum Gasteiger partial charge on any atom is 0.127 e. The average molecular weight is 276 g/mol. The number of methoxy groups -OCH3 is 1. The molecule has 0 aliphatic heterocycles. The number of rotatable bonds is 8. The first-order valence-electron chi connectivity index (χ1n) is 6.64. The molecule has 2 rings (SSSR count). The molecule has 0 amide bonds. The Morgan fingerprint density at radius 3 is 2.80 bits per heavy atom. The van der Waals surface area contributed by atoms with Gasteiger partial charge in [0.25, 0.3) is 0 Å². The molecule has 0 aliphatic rings. The predicted molar refractivity (Wildman–Crippen MR) is 79.0 cm³/mol. The van der Waals surface area contributed by atoms with Gasteiger partial charge >= 0.3 is 0 Å². The number of fused-ring (bicyclic) bond motifs is 1. The normalized spacial score (nSPS) is 10.8. The zero-order valence-electron chi connectivity index (χ0n) is 11.7. The molecule has 0 fully saturated rings. The first-order valence-corrected chi connectivity index (χ1v) is 6.64. The Kier molecular flexibility index (Phi) is 5.58. The van der Waals surface area contributed by atoms with Crippen LogP contribution < -0.4 is 10.5 Å². The number of ether oxygens (including phenoxy) is 3. The van der Waals surface area contributed by atoms with Gasteiger partial charge in [0, 0.05) is 49.0 Å². The van der Waals surface area contributed by atoms with Crippen LogP contribution in [0.15, 0.2) is 30.6 Å². The van der Waals surface area contributed by atoms with E-state index in [1.54, 1.807) is 19.5 Å². The SMILES string of the molecule is COCCOCCCOc1ccc(N)c2cnccc12. The topological polar surface area (TPSA) is 66.6 Å². The van der Waals surface area contributed by atoms with Gasteiger partial charge in [0.05, 0.1) is 19.8 Å². The molecular weight excluding hydrogens is 256 g/mol. The highest BCUT2D eigenvalue weighted by Gasteiger charge is 2.04. The van der Waals surface area contributed by atoms with Gasteiger partial charge in [0.2, 0.25) is 0 Å². The third-order valence-corrected chi connectivity index (χ3v) is 2.93. The van der Waals surface area contributed by atoms with Gasteiger partial charge in [0.15, 0.2) is 0 Å². The van der Waals surface area contributed by atoms with Crippen LogP contribution in [-0.2, 0) is 9.47 Å². The fraction of sp³-hybridized carbons (Fsp3) is 0.400. The van der Waals surface area contributed by atoms with Crippen LogP contribution in [0.4, 0.5) is 5.69 Å². The van der Waals surface area contributed by atoms with E-state index in [-0.39, 0.29) is 0 Å². The van der Waals surface area contributed by atoms with Gasteiger partial charge in [-0.2, -0.15) is 0 Å². The minimum Gasteiger partial charge on any atom is -0.493 e. The van der Waals surface area contributed by atoms with Gasteiger partial charge < -0.3 is 19.9 Å². The van der Waals surface area contributed by atoms with Crippen molar-refractivity contribution in [2.75, 3.05) is 39.3 Å².